The van der Waals surface area contributed by atoms with Crippen LogP contribution in [0.1, 0.15) is 32.4 Å². The molecule has 0 saturated carbocycles. The van der Waals surface area contributed by atoms with Gasteiger partial charge in [0.1, 0.15) is 17.0 Å². The molecule has 0 aliphatic heterocycles. The Kier molecular flexibility index (Phi) is 6.90. The number of esters is 1. The van der Waals surface area contributed by atoms with Gasteiger partial charge < -0.3 is 9.47 Å². The molecular formula is C31H24N2O4. The smallest absolute Gasteiger partial charge is 0.343 e. The zero-order valence-electron chi connectivity index (χ0n) is 20.2. The predicted octanol–water partition coefficient (Wildman–Crippen LogP) is 6.33. The number of nitrogens with zero attached hydrogens (tertiary/aromatic N) is 2. The van der Waals surface area contributed by atoms with Crippen molar-refractivity contribution in [1.82, 2.24) is 9.78 Å². The van der Waals surface area contributed by atoms with Gasteiger partial charge in [0.05, 0.1) is 12.8 Å². The minimum atomic E-state index is -1.11. The van der Waals surface area contributed by atoms with Crippen molar-refractivity contribution in [1.29, 1.82) is 0 Å². The summed E-state index contributed by atoms with van der Waals surface area (Å²) in [5.74, 6) is -0.263. The Hall–Kier alpha value is -4.97. The fourth-order valence-corrected chi connectivity index (χ4v) is 4.02. The molecule has 0 aliphatic rings. The number of hydrogen-bond donors (Lipinski definition) is 0. The van der Waals surface area contributed by atoms with Gasteiger partial charge in [-0.15, -0.1) is 0 Å². The molecule has 1 atom stereocenters. The van der Waals surface area contributed by atoms with Crippen LogP contribution in [0.25, 0.3) is 16.9 Å². The molecule has 6 nitrogen and oxygen atoms in total. The average Bonchev–Trinajstić information content (AvgIpc) is 3.43. The third-order valence-corrected chi connectivity index (χ3v) is 5.94. The van der Waals surface area contributed by atoms with E-state index in [0.717, 1.165) is 5.69 Å². The molecule has 0 saturated heterocycles. The fourth-order valence-electron chi connectivity index (χ4n) is 4.02. The minimum absolute atomic E-state index is 0.246. The molecule has 5 rings (SSSR count). The number of ether oxygens (including phenoxy) is 2. The molecule has 0 N–H and O–H groups in total. The van der Waals surface area contributed by atoms with Crippen molar-refractivity contribution >= 4 is 11.8 Å². The van der Waals surface area contributed by atoms with E-state index in [4.69, 9.17) is 14.6 Å². The van der Waals surface area contributed by atoms with Crippen molar-refractivity contribution in [3.8, 4) is 22.7 Å². The topological polar surface area (TPSA) is 70.4 Å². The van der Waals surface area contributed by atoms with Crippen molar-refractivity contribution in [2.45, 2.75) is 6.10 Å². The number of ketones is 1. The van der Waals surface area contributed by atoms with E-state index in [0.29, 0.717) is 28.1 Å². The molecule has 4 aromatic carbocycles. The summed E-state index contributed by atoms with van der Waals surface area (Å²) >= 11 is 0. The lowest BCUT2D eigenvalue weighted by Gasteiger charge is -2.17. The van der Waals surface area contributed by atoms with Crippen molar-refractivity contribution in [2.75, 3.05) is 7.11 Å². The standard InChI is InChI=1S/C31H24N2O4/c1-36-26-19-17-22(18-20-26)28-27(21-33(32-28)25-15-9-4-10-16-25)31(35)37-30(24-13-7-3-8-14-24)29(34)23-11-5-2-6-12-23/h2-21,30H,1H3/t30-/m0/s1. The summed E-state index contributed by atoms with van der Waals surface area (Å²) in [5, 5.41) is 4.70. The Balaban J connectivity index is 1.55. The second-order valence-corrected chi connectivity index (χ2v) is 8.33. The van der Waals surface area contributed by atoms with Crippen LogP contribution < -0.4 is 4.74 Å². The lowest BCUT2D eigenvalue weighted by atomic mass is 9.99. The molecule has 6 heteroatoms. The number of Topliss-reactive ketones (excluding diaryl/α,β-unsaturated/α-hetero) is 1. The zero-order valence-corrected chi connectivity index (χ0v) is 20.2. The maximum absolute atomic E-state index is 13.7. The molecule has 1 aromatic heterocycles. The third-order valence-electron chi connectivity index (χ3n) is 5.94. The summed E-state index contributed by atoms with van der Waals surface area (Å²) in [6.07, 6.45) is 0.520. The number of carbonyl (C=O) groups excluding carboxylic acids is 2. The first-order valence-corrected chi connectivity index (χ1v) is 11.8. The van der Waals surface area contributed by atoms with Crippen molar-refractivity contribution in [2.24, 2.45) is 0 Å². The molecular weight excluding hydrogens is 464 g/mol. The molecule has 0 unspecified atom stereocenters. The van der Waals surface area contributed by atoms with Crippen LogP contribution in [0, 0.1) is 0 Å². The van der Waals surface area contributed by atoms with Crippen LogP contribution >= 0.6 is 0 Å². The number of para-hydroxylation sites is 1. The van der Waals surface area contributed by atoms with Crippen LogP contribution in [0.15, 0.2) is 121 Å². The molecule has 0 spiro atoms. The van der Waals surface area contributed by atoms with Crippen LogP contribution in [0.4, 0.5) is 0 Å². The maximum atomic E-state index is 13.7. The van der Waals surface area contributed by atoms with Gasteiger partial charge in [0.15, 0.2) is 6.10 Å². The quantitative estimate of drug-likeness (QED) is 0.189. The second-order valence-electron chi connectivity index (χ2n) is 8.33. The number of aromatic nitrogens is 2. The van der Waals surface area contributed by atoms with Crippen molar-refractivity contribution in [3.05, 3.63) is 138 Å². The van der Waals surface area contributed by atoms with E-state index < -0.39 is 12.1 Å². The normalized spacial score (nSPS) is 11.5. The maximum Gasteiger partial charge on any atom is 0.343 e. The van der Waals surface area contributed by atoms with E-state index in [2.05, 4.69) is 0 Å². The highest BCUT2D eigenvalue weighted by Crippen LogP contribution is 2.29. The first-order chi connectivity index (χ1) is 18.1. The number of benzene rings is 4. The van der Waals surface area contributed by atoms with Crippen molar-refractivity contribution < 1.29 is 19.1 Å². The highest BCUT2D eigenvalue weighted by Gasteiger charge is 2.29. The van der Waals surface area contributed by atoms with Gasteiger partial charge in [-0.3, -0.25) is 4.79 Å². The van der Waals surface area contributed by atoms with Crippen molar-refractivity contribution in [3.63, 3.8) is 0 Å². The Bertz CT molecular complexity index is 1500. The van der Waals surface area contributed by atoms with Gasteiger partial charge in [-0.25, -0.2) is 9.48 Å². The van der Waals surface area contributed by atoms with Gasteiger partial charge in [-0.05, 0) is 36.4 Å². The molecule has 0 aliphatic carbocycles. The summed E-state index contributed by atoms with van der Waals surface area (Å²) in [5.41, 5.74) is 3.24. The Morgan fingerprint density at radius 1 is 0.757 bits per heavy atom. The van der Waals surface area contributed by atoms with Gasteiger partial charge in [-0.1, -0.05) is 78.9 Å². The number of hydrogen-bond acceptors (Lipinski definition) is 5. The molecule has 0 amide bonds. The van der Waals surface area contributed by atoms with Gasteiger partial charge in [0.2, 0.25) is 5.78 Å². The Labute approximate surface area is 214 Å². The molecule has 1 heterocycles. The molecule has 37 heavy (non-hydrogen) atoms. The van der Waals surface area contributed by atoms with E-state index in [1.54, 1.807) is 66.5 Å². The number of rotatable bonds is 8. The summed E-state index contributed by atoms with van der Waals surface area (Å²) in [7, 11) is 1.59. The van der Waals surface area contributed by atoms with Gasteiger partial charge >= 0.3 is 5.97 Å². The lowest BCUT2D eigenvalue weighted by molar-refractivity contribution is 0.0280. The van der Waals surface area contributed by atoms with E-state index in [1.807, 2.05) is 66.7 Å². The highest BCUT2D eigenvalue weighted by atomic mass is 16.5. The predicted molar refractivity (Wildman–Crippen MR) is 141 cm³/mol. The fraction of sp³-hybridized carbons (Fsp3) is 0.0645. The highest BCUT2D eigenvalue weighted by molar-refractivity contribution is 6.03. The van der Waals surface area contributed by atoms with E-state index >= 15 is 0 Å². The first-order valence-electron chi connectivity index (χ1n) is 11.8. The van der Waals surface area contributed by atoms with E-state index in [9.17, 15) is 9.59 Å². The summed E-state index contributed by atoms with van der Waals surface area (Å²) in [6, 6.07) is 34.6. The minimum Gasteiger partial charge on any atom is -0.497 e. The average molecular weight is 489 g/mol. The number of methoxy groups -OCH3 is 1. The molecule has 182 valence electrons. The van der Waals surface area contributed by atoms with Crippen LogP contribution in [0.5, 0.6) is 5.75 Å². The summed E-state index contributed by atoms with van der Waals surface area (Å²) in [6.45, 7) is 0. The van der Waals surface area contributed by atoms with Gasteiger partial charge in [0.25, 0.3) is 0 Å². The lowest BCUT2D eigenvalue weighted by Crippen LogP contribution is -2.20. The van der Waals surface area contributed by atoms with Gasteiger partial charge in [0, 0.05) is 22.9 Å². The van der Waals surface area contributed by atoms with E-state index in [-0.39, 0.29) is 11.3 Å². The zero-order chi connectivity index (χ0) is 25.6. The second kappa shape index (κ2) is 10.7. The van der Waals surface area contributed by atoms with Crippen LogP contribution in [-0.4, -0.2) is 28.6 Å². The van der Waals surface area contributed by atoms with Crippen LogP contribution in [0.2, 0.25) is 0 Å². The van der Waals surface area contributed by atoms with Crippen LogP contribution in [0.3, 0.4) is 0 Å². The summed E-state index contributed by atoms with van der Waals surface area (Å²) < 4.78 is 12.8. The summed E-state index contributed by atoms with van der Waals surface area (Å²) in [4.78, 5) is 27.1. The van der Waals surface area contributed by atoms with Crippen LogP contribution in [-0.2, 0) is 4.74 Å². The number of carbonyl (C=O) groups is 2. The SMILES string of the molecule is COc1ccc(-c2nn(-c3ccccc3)cc2C(=O)O[C@H](C(=O)c2ccccc2)c2ccccc2)cc1. The Morgan fingerprint density at radius 3 is 1.97 bits per heavy atom. The Morgan fingerprint density at radius 2 is 1.35 bits per heavy atom. The monoisotopic (exact) mass is 488 g/mol. The molecule has 0 radical (unpaired) electrons. The molecule has 0 bridgehead atoms. The van der Waals surface area contributed by atoms with Gasteiger partial charge in [-0.2, -0.15) is 5.10 Å². The first kappa shape index (κ1) is 23.8. The van der Waals surface area contributed by atoms with E-state index in [1.165, 1.54) is 0 Å². The molecule has 5 aromatic rings. The molecule has 0 fully saturated rings. The largest absolute Gasteiger partial charge is 0.497 e. The third kappa shape index (κ3) is 5.18.